The number of hydrogen-bond donors (Lipinski definition) is 2. The zero-order valence-corrected chi connectivity index (χ0v) is 16.1. The minimum absolute atomic E-state index is 0.0828. The van der Waals surface area contributed by atoms with Crippen molar-refractivity contribution in [1.82, 2.24) is 4.90 Å². The topological polar surface area (TPSA) is 114 Å². The maximum absolute atomic E-state index is 12.5. The van der Waals surface area contributed by atoms with E-state index in [-0.39, 0.29) is 22.2 Å². The lowest BCUT2D eigenvalue weighted by atomic mass is 10.1. The summed E-state index contributed by atoms with van der Waals surface area (Å²) in [6.07, 6.45) is 0. The molecule has 1 amide bonds. The van der Waals surface area contributed by atoms with Crippen LogP contribution >= 0.6 is 0 Å². The van der Waals surface area contributed by atoms with Gasteiger partial charge in [0, 0.05) is 23.4 Å². The van der Waals surface area contributed by atoms with Crippen LogP contribution in [0.3, 0.4) is 0 Å². The molecule has 2 aromatic carbocycles. The van der Waals surface area contributed by atoms with Gasteiger partial charge in [0.05, 0.1) is 43.0 Å². The maximum Gasteiger partial charge on any atom is 0.270 e. The summed E-state index contributed by atoms with van der Waals surface area (Å²) in [7, 11) is -1.89. The molecule has 1 aliphatic rings. The van der Waals surface area contributed by atoms with E-state index in [2.05, 4.69) is 11.8 Å². The molecule has 0 saturated carbocycles. The molecule has 1 aliphatic heterocycles. The van der Waals surface area contributed by atoms with Crippen molar-refractivity contribution in [2.75, 3.05) is 37.9 Å². The number of nitrogens with zero attached hydrogens (tertiary/aromatic N) is 2. The Labute approximate surface area is 162 Å². The number of hydrogen-bond acceptors (Lipinski definition) is 5. The van der Waals surface area contributed by atoms with Crippen molar-refractivity contribution in [1.29, 1.82) is 0 Å². The van der Waals surface area contributed by atoms with Crippen molar-refractivity contribution in [3.8, 4) is 0 Å². The number of amides is 1. The van der Waals surface area contributed by atoms with Crippen LogP contribution in [0.2, 0.25) is 0 Å². The second-order valence-electron chi connectivity index (χ2n) is 6.69. The van der Waals surface area contributed by atoms with Gasteiger partial charge in [0.1, 0.15) is 0 Å². The number of nitro benzene ring substituents is 1. The zero-order valence-electron chi connectivity index (χ0n) is 15.3. The Kier molecular flexibility index (Phi) is 5.61. The fourth-order valence-corrected chi connectivity index (χ4v) is 4.03. The number of quaternary nitrogens is 1. The summed E-state index contributed by atoms with van der Waals surface area (Å²) in [6, 6.07) is 11.0. The first-order valence-electron chi connectivity index (χ1n) is 8.74. The molecule has 1 saturated heterocycles. The minimum Gasteiger partial charge on any atom is -0.334 e. The van der Waals surface area contributed by atoms with Gasteiger partial charge in [-0.25, -0.2) is 8.42 Å². The van der Waals surface area contributed by atoms with Crippen LogP contribution in [-0.2, 0) is 10.0 Å². The van der Waals surface area contributed by atoms with E-state index >= 15 is 0 Å². The minimum atomic E-state index is -3.98. The molecule has 0 unspecified atom stereocenters. The van der Waals surface area contributed by atoms with Crippen LogP contribution in [-0.4, -0.2) is 57.4 Å². The van der Waals surface area contributed by atoms with Crippen molar-refractivity contribution in [3.05, 3.63) is 64.2 Å². The van der Waals surface area contributed by atoms with Gasteiger partial charge < -0.3 is 9.80 Å². The molecular weight excluding hydrogens is 384 g/mol. The Morgan fingerprint density at radius 1 is 1.14 bits per heavy atom. The van der Waals surface area contributed by atoms with Gasteiger partial charge >= 0.3 is 0 Å². The number of carbonyl (C=O) groups is 1. The molecule has 0 bridgehead atoms. The van der Waals surface area contributed by atoms with E-state index in [1.807, 2.05) is 0 Å². The molecule has 0 spiro atoms. The Morgan fingerprint density at radius 2 is 1.79 bits per heavy atom. The van der Waals surface area contributed by atoms with E-state index < -0.39 is 14.9 Å². The summed E-state index contributed by atoms with van der Waals surface area (Å²) < 4.78 is 27.3. The summed E-state index contributed by atoms with van der Waals surface area (Å²) >= 11 is 0. The molecule has 10 heteroatoms. The van der Waals surface area contributed by atoms with Crippen LogP contribution in [0.1, 0.15) is 10.4 Å². The average molecular weight is 405 g/mol. The van der Waals surface area contributed by atoms with Gasteiger partial charge in [0.25, 0.3) is 21.6 Å². The number of nitro groups is 1. The number of nitrogens with one attached hydrogen (secondary N) is 2. The molecule has 0 aromatic heterocycles. The van der Waals surface area contributed by atoms with E-state index in [1.165, 1.54) is 35.2 Å². The van der Waals surface area contributed by atoms with Crippen LogP contribution in [0, 0.1) is 10.1 Å². The Morgan fingerprint density at radius 3 is 2.39 bits per heavy atom. The maximum atomic E-state index is 12.5. The highest BCUT2D eigenvalue weighted by atomic mass is 32.2. The van der Waals surface area contributed by atoms with E-state index in [0.29, 0.717) is 18.7 Å². The molecule has 9 nitrogen and oxygen atoms in total. The molecule has 2 N–H and O–H groups in total. The lowest BCUT2D eigenvalue weighted by molar-refractivity contribution is -0.883. The number of anilines is 1. The SMILES string of the molecule is C[NH+]1CCN(C(=O)c2ccc(NS(=O)(=O)c3cccc([N+](=O)[O-])c3)cc2)CC1. The summed E-state index contributed by atoms with van der Waals surface area (Å²) in [4.78, 5) is 25.7. The normalized spacial score (nSPS) is 15.2. The van der Waals surface area contributed by atoms with Crippen molar-refractivity contribution >= 4 is 27.3 Å². The van der Waals surface area contributed by atoms with Crippen LogP contribution < -0.4 is 9.62 Å². The molecule has 1 fully saturated rings. The summed E-state index contributed by atoms with van der Waals surface area (Å²) in [5, 5.41) is 10.8. The number of sulfonamides is 1. The predicted molar refractivity (Wildman–Crippen MR) is 103 cm³/mol. The second kappa shape index (κ2) is 7.95. The number of benzene rings is 2. The first-order valence-corrected chi connectivity index (χ1v) is 10.2. The Bertz CT molecular complexity index is 983. The number of rotatable bonds is 5. The first-order chi connectivity index (χ1) is 13.3. The van der Waals surface area contributed by atoms with Gasteiger partial charge in [0.15, 0.2) is 0 Å². The molecule has 3 rings (SSSR count). The van der Waals surface area contributed by atoms with Gasteiger partial charge in [-0.05, 0) is 30.3 Å². The summed E-state index contributed by atoms with van der Waals surface area (Å²) in [5.74, 6) is -0.0828. The van der Waals surface area contributed by atoms with E-state index in [1.54, 1.807) is 17.0 Å². The number of non-ortho nitro benzene ring substituents is 1. The fourth-order valence-electron chi connectivity index (χ4n) is 2.93. The lowest BCUT2D eigenvalue weighted by Gasteiger charge is -2.30. The van der Waals surface area contributed by atoms with Crippen LogP contribution in [0.5, 0.6) is 0 Å². The summed E-state index contributed by atoms with van der Waals surface area (Å²) in [6.45, 7) is 3.16. The highest BCUT2D eigenvalue weighted by Crippen LogP contribution is 2.21. The average Bonchev–Trinajstić information content (AvgIpc) is 2.68. The van der Waals surface area contributed by atoms with Crippen molar-refractivity contribution in [3.63, 3.8) is 0 Å². The van der Waals surface area contributed by atoms with Crippen molar-refractivity contribution in [2.45, 2.75) is 4.90 Å². The van der Waals surface area contributed by atoms with Crippen LogP contribution in [0.25, 0.3) is 0 Å². The molecule has 2 aromatic rings. The molecule has 0 aliphatic carbocycles. The van der Waals surface area contributed by atoms with Crippen LogP contribution in [0.15, 0.2) is 53.4 Å². The third kappa shape index (κ3) is 4.46. The van der Waals surface area contributed by atoms with E-state index in [9.17, 15) is 23.3 Å². The zero-order chi connectivity index (χ0) is 20.3. The smallest absolute Gasteiger partial charge is 0.270 e. The summed E-state index contributed by atoms with van der Waals surface area (Å²) in [5.41, 5.74) is 0.446. The Hall–Kier alpha value is -2.98. The molecule has 148 valence electrons. The molecule has 28 heavy (non-hydrogen) atoms. The molecular formula is C18H21N4O5S+. The standard InChI is InChI=1S/C18H20N4O5S/c1-20-9-11-21(12-10-20)18(23)14-5-7-15(8-6-14)19-28(26,27)17-4-2-3-16(13-17)22(24)25/h2-8,13,19H,9-12H2,1H3/p+1. The van der Waals surface area contributed by atoms with Crippen molar-refractivity contribution < 1.29 is 23.0 Å². The van der Waals surface area contributed by atoms with Gasteiger partial charge in [-0.2, -0.15) is 0 Å². The fraction of sp³-hybridized carbons (Fsp3) is 0.278. The third-order valence-corrected chi connectivity index (χ3v) is 6.01. The quantitative estimate of drug-likeness (QED) is 0.551. The first kappa shape index (κ1) is 19.8. The molecule has 0 atom stereocenters. The number of likely N-dealkylation sites (N-methyl/N-ethyl adjacent to an activating group) is 1. The largest absolute Gasteiger partial charge is 0.334 e. The highest BCUT2D eigenvalue weighted by Gasteiger charge is 2.23. The number of piperazine rings is 1. The monoisotopic (exact) mass is 405 g/mol. The third-order valence-electron chi connectivity index (χ3n) is 4.63. The molecule has 0 radical (unpaired) electrons. The van der Waals surface area contributed by atoms with Crippen molar-refractivity contribution in [2.24, 2.45) is 0 Å². The van der Waals surface area contributed by atoms with Gasteiger partial charge in [0.2, 0.25) is 0 Å². The predicted octanol–water partition coefficient (Wildman–Crippen LogP) is 0.366. The Balaban J connectivity index is 1.72. The van der Waals surface area contributed by atoms with Gasteiger partial charge in [-0.15, -0.1) is 0 Å². The number of carbonyl (C=O) groups excluding carboxylic acids is 1. The van der Waals surface area contributed by atoms with Crippen LogP contribution in [0.4, 0.5) is 11.4 Å². The van der Waals surface area contributed by atoms with E-state index in [4.69, 9.17) is 0 Å². The van der Waals surface area contributed by atoms with E-state index in [0.717, 1.165) is 19.2 Å². The molecule has 1 heterocycles. The second-order valence-corrected chi connectivity index (χ2v) is 8.37. The van der Waals surface area contributed by atoms with Gasteiger partial charge in [-0.1, -0.05) is 6.07 Å². The highest BCUT2D eigenvalue weighted by molar-refractivity contribution is 7.92. The lowest BCUT2D eigenvalue weighted by Crippen LogP contribution is -3.12. The van der Waals surface area contributed by atoms with Gasteiger partial charge in [-0.3, -0.25) is 19.6 Å².